The Balaban J connectivity index is 1.88. The van der Waals surface area contributed by atoms with Gasteiger partial charge in [0.2, 0.25) is 5.78 Å². The van der Waals surface area contributed by atoms with Gasteiger partial charge in [-0.25, -0.2) is 0 Å². The fourth-order valence-electron chi connectivity index (χ4n) is 3.72. The molecule has 34 heavy (non-hydrogen) atoms. The summed E-state index contributed by atoms with van der Waals surface area (Å²) in [5, 5.41) is 8.84. The minimum atomic E-state index is -0.0936. The number of carbonyl (C=O) groups excluding carboxylic acids is 1. The summed E-state index contributed by atoms with van der Waals surface area (Å²) < 4.78 is 14.8. The molecule has 0 spiro atoms. The van der Waals surface area contributed by atoms with Crippen LogP contribution in [-0.4, -0.2) is 33.2 Å². The minimum Gasteiger partial charge on any atom is -0.472 e. The van der Waals surface area contributed by atoms with Crippen LogP contribution in [0.4, 0.5) is 5.95 Å². The highest BCUT2D eigenvalue weighted by Gasteiger charge is 2.24. The lowest BCUT2D eigenvalue weighted by Crippen LogP contribution is -2.40. The third kappa shape index (κ3) is 6.11. The summed E-state index contributed by atoms with van der Waals surface area (Å²) in [4.78, 5) is 13.3. The number of rotatable bonds is 11. The van der Waals surface area contributed by atoms with Crippen molar-refractivity contribution in [3.05, 3.63) is 47.0 Å². The second kappa shape index (κ2) is 11.0. The monoisotopic (exact) mass is 468 g/mol. The van der Waals surface area contributed by atoms with Gasteiger partial charge in [-0.2, -0.15) is 0 Å². The molecule has 0 aliphatic rings. The molecule has 0 aliphatic heterocycles. The summed E-state index contributed by atoms with van der Waals surface area (Å²) in [5.41, 5.74) is 9.37. The van der Waals surface area contributed by atoms with E-state index < -0.39 is 0 Å². The zero-order valence-corrected chi connectivity index (χ0v) is 21.3. The number of hydrogen-bond donors (Lipinski definition) is 1. The molecule has 0 amide bonds. The second-order valence-corrected chi connectivity index (χ2v) is 9.66. The molecule has 3 aromatic rings. The van der Waals surface area contributed by atoms with E-state index >= 15 is 0 Å². The Labute approximate surface area is 202 Å². The number of benzene rings is 1. The maximum Gasteiger partial charge on any atom is 0.355 e. The summed E-state index contributed by atoms with van der Waals surface area (Å²) in [6, 6.07) is 9.62. The molecule has 8 nitrogen and oxygen atoms in total. The average Bonchev–Trinajstić information content (AvgIpc) is 3.11. The normalized spacial score (nSPS) is 12.0. The molecular formula is C26H38N5O3+. The van der Waals surface area contributed by atoms with Gasteiger partial charge in [0.05, 0.1) is 6.61 Å². The van der Waals surface area contributed by atoms with Crippen molar-refractivity contribution in [1.29, 1.82) is 0 Å². The number of aromatic nitrogens is 4. The number of hydrogen-bond acceptors (Lipinski definition) is 6. The summed E-state index contributed by atoms with van der Waals surface area (Å²) in [6.45, 7) is 13.9. The number of ether oxygens (including phenoxy) is 2. The molecule has 0 saturated heterocycles. The molecule has 0 atom stereocenters. The van der Waals surface area contributed by atoms with Crippen LogP contribution in [0.15, 0.2) is 30.3 Å². The zero-order chi connectivity index (χ0) is 24.9. The molecule has 0 bridgehead atoms. The summed E-state index contributed by atoms with van der Waals surface area (Å²) in [6.07, 6.45) is 2.83. The Kier molecular flexibility index (Phi) is 8.25. The standard InChI is InChI=1S/C26H38N5O3/c1-7-12-33-17-18-13-19(15-20(14-18)26(4,5)6)22(32)16-30-24-11-10-23(34-21(8-2)9-3)28-31(24)25(27)29-30/h10-11,13-15,21H,7-9,12,16-17H2,1-6H3,(H2,27,29)/q+1. The number of Topliss-reactive ketones (excluding diaryl/α,β-unsaturated/α-hetero) is 1. The maximum atomic E-state index is 13.3. The van der Waals surface area contributed by atoms with Gasteiger partial charge in [0.1, 0.15) is 6.10 Å². The Hall–Kier alpha value is -3.00. The zero-order valence-electron chi connectivity index (χ0n) is 21.3. The maximum absolute atomic E-state index is 13.3. The van der Waals surface area contributed by atoms with Crippen LogP contribution in [0.5, 0.6) is 5.88 Å². The summed E-state index contributed by atoms with van der Waals surface area (Å²) >= 11 is 0. The van der Waals surface area contributed by atoms with E-state index in [0.717, 1.165) is 30.4 Å². The highest BCUT2D eigenvalue weighted by molar-refractivity contribution is 5.95. The number of nitrogen functional groups attached to an aromatic ring is 1. The van der Waals surface area contributed by atoms with Crippen molar-refractivity contribution in [3.8, 4) is 5.88 Å². The number of nitrogens with two attached hydrogens (primary N) is 1. The molecule has 0 unspecified atom stereocenters. The first-order valence-electron chi connectivity index (χ1n) is 12.1. The van der Waals surface area contributed by atoms with Crippen molar-refractivity contribution in [3.63, 3.8) is 0 Å². The largest absolute Gasteiger partial charge is 0.472 e. The van der Waals surface area contributed by atoms with Crippen LogP contribution in [0.3, 0.4) is 0 Å². The highest BCUT2D eigenvalue weighted by Crippen LogP contribution is 2.25. The van der Waals surface area contributed by atoms with Gasteiger partial charge in [-0.05, 0) is 58.1 Å². The van der Waals surface area contributed by atoms with Gasteiger partial charge in [0.15, 0.2) is 6.54 Å². The van der Waals surface area contributed by atoms with Crippen LogP contribution < -0.4 is 15.2 Å². The number of nitrogens with zero attached hydrogens (tertiary/aromatic N) is 4. The fraction of sp³-hybridized carbons (Fsp3) is 0.538. The number of fused-ring (bicyclic) bond motifs is 1. The molecule has 1 aromatic carbocycles. The van der Waals surface area contributed by atoms with Crippen molar-refractivity contribution in [1.82, 2.24) is 14.7 Å². The fourth-order valence-corrected chi connectivity index (χ4v) is 3.72. The molecular weight excluding hydrogens is 430 g/mol. The Bertz CT molecular complexity index is 1130. The third-order valence-corrected chi connectivity index (χ3v) is 5.78. The molecule has 3 rings (SSSR count). The van der Waals surface area contributed by atoms with Crippen LogP contribution in [0.25, 0.3) is 5.65 Å². The number of carbonyl (C=O) groups is 1. The molecule has 8 heteroatoms. The van der Waals surface area contributed by atoms with E-state index in [1.165, 1.54) is 4.52 Å². The number of anilines is 1. The Morgan fingerprint density at radius 2 is 1.88 bits per heavy atom. The first kappa shape index (κ1) is 25.6. The van der Waals surface area contributed by atoms with Crippen molar-refractivity contribution < 1.29 is 19.0 Å². The predicted molar refractivity (Wildman–Crippen MR) is 132 cm³/mol. The van der Waals surface area contributed by atoms with E-state index in [-0.39, 0.29) is 29.8 Å². The predicted octanol–water partition coefficient (Wildman–Crippen LogP) is 4.27. The first-order valence-corrected chi connectivity index (χ1v) is 12.1. The van der Waals surface area contributed by atoms with Gasteiger partial charge in [0, 0.05) is 24.3 Å². The lowest BCUT2D eigenvalue weighted by Gasteiger charge is -2.21. The second-order valence-electron chi connectivity index (χ2n) is 9.66. The van der Waals surface area contributed by atoms with Gasteiger partial charge in [-0.1, -0.05) is 52.1 Å². The molecule has 2 heterocycles. The summed E-state index contributed by atoms with van der Waals surface area (Å²) in [5.74, 6) is 0.637. The highest BCUT2D eigenvalue weighted by atomic mass is 16.5. The van der Waals surface area contributed by atoms with Gasteiger partial charge >= 0.3 is 11.6 Å². The number of ketones is 1. The van der Waals surface area contributed by atoms with Crippen molar-refractivity contribution in [2.45, 2.75) is 85.5 Å². The van der Waals surface area contributed by atoms with Gasteiger partial charge < -0.3 is 15.2 Å². The lowest BCUT2D eigenvalue weighted by molar-refractivity contribution is -0.714. The Morgan fingerprint density at radius 1 is 1.15 bits per heavy atom. The summed E-state index contributed by atoms with van der Waals surface area (Å²) in [7, 11) is 0. The molecule has 184 valence electrons. The molecule has 2 N–H and O–H groups in total. The van der Waals surface area contributed by atoms with E-state index in [4.69, 9.17) is 15.2 Å². The molecule has 0 saturated carbocycles. The smallest absolute Gasteiger partial charge is 0.355 e. The third-order valence-electron chi connectivity index (χ3n) is 5.78. The van der Waals surface area contributed by atoms with Gasteiger partial charge in [-0.15, -0.1) is 4.68 Å². The van der Waals surface area contributed by atoms with Crippen molar-refractivity contribution in [2.24, 2.45) is 0 Å². The molecule has 0 radical (unpaired) electrons. The van der Waals surface area contributed by atoms with E-state index in [1.807, 2.05) is 18.2 Å². The quantitative estimate of drug-likeness (QED) is 0.256. The lowest BCUT2D eigenvalue weighted by atomic mass is 9.84. The van der Waals surface area contributed by atoms with E-state index in [2.05, 4.69) is 57.8 Å². The van der Waals surface area contributed by atoms with E-state index in [9.17, 15) is 4.79 Å². The first-order chi connectivity index (χ1) is 16.2. The topological polar surface area (TPSA) is 95.6 Å². The van der Waals surface area contributed by atoms with E-state index in [1.54, 1.807) is 10.7 Å². The molecule has 0 fully saturated rings. The van der Waals surface area contributed by atoms with Crippen LogP contribution in [-0.2, 0) is 23.3 Å². The SMILES string of the molecule is CCCOCc1cc(C(=O)C[n+]2nc(N)n3nc(OC(CC)CC)ccc32)cc(C(C)(C)C)c1. The molecule has 0 aliphatic carbocycles. The van der Waals surface area contributed by atoms with Crippen LogP contribution in [0.2, 0.25) is 0 Å². The van der Waals surface area contributed by atoms with E-state index in [0.29, 0.717) is 30.3 Å². The van der Waals surface area contributed by atoms with Gasteiger partial charge in [0.25, 0.3) is 5.88 Å². The average molecular weight is 469 g/mol. The van der Waals surface area contributed by atoms with Crippen molar-refractivity contribution >= 4 is 17.4 Å². The van der Waals surface area contributed by atoms with Gasteiger partial charge in [-0.3, -0.25) is 4.79 Å². The van der Waals surface area contributed by atoms with Crippen molar-refractivity contribution in [2.75, 3.05) is 12.3 Å². The minimum absolute atomic E-state index is 0.0507. The van der Waals surface area contributed by atoms with Crippen LogP contribution in [0.1, 0.15) is 82.3 Å². The molecule has 2 aromatic heterocycles. The Morgan fingerprint density at radius 3 is 2.53 bits per heavy atom. The van der Waals surface area contributed by atoms with Crippen LogP contribution in [0, 0.1) is 0 Å². The van der Waals surface area contributed by atoms with Crippen LogP contribution >= 0.6 is 0 Å².